The minimum Gasteiger partial charge on any atom is -0.409 e. The Morgan fingerprint density at radius 3 is 3.00 bits per heavy atom. The molecular formula is C8H15N3O2. The van der Waals surface area contributed by atoms with E-state index in [4.69, 9.17) is 10.9 Å². The van der Waals surface area contributed by atoms with Crippen LogP contribution in [0.3, 0.4) is 0 Å². The quantitative estimate of drug-likeness (QED) is 0.278. The van der Waals surface area contributed by atoms with Crippen molar-refractivity contribution in [2.24, 2.45) is 10.9 Å². The number of carbonyl (C=O) groups excluding carboxylic acids is 1. The Morgan fingerprint density at radius 2 is 2.46 bits per heavy atom. The van der Waals surface area contributed by atoms with Gasteiger partial charge in [0.2, 0.25) is 5.91 Å². The minimum atomic E-state index is -0.197. The zero-order valence-electron chi connectivity index (χ0n) is 7.73. The van der Waals surface area contributed by atoms with Crippen molar-refractivity contribution < 1.29 is 10.0 Å². The highest BCUT2D eigenvalue weighted by molar-refractivity contribution is 5.90. The van der Waals surface area contributed by atoms with E-state index in [0.29, 0.717) is 13.0 Å². The number of rotatable bonds is 2. The molecule has 1 fully saturated rings. The molecule has 0 aliphatic carbocycles. The van der Waals surface area contributed by atoms with Crippen LogP contribution >= 0.6 is 0 Å². The topological polar surface area (TPSA) is 78.9 Å². The summed E-state index contributed by atoms with van der Waals surface area (Å²) in [5.41, 5.74) is 5.47. The second-order valence-electron chi connectivity index (χ2n) is 3.12. The van der Waals surface area contributed by atoms with Gasteiger partial charge >= 0.3 is 0 Å². The third kappa shape index (κ3) is 1.91. The van der Waals surface area contributed by atoms with E-state index in [1.54, 1.807) is 4.90 Å². The molecular weight excluding hydrogens is 170 g/mol. The third-order valence-corrected chi connectivity index (χ3v) is 2.33. The van der Waals surface area contributed by atoms with E-state index in [1.165, 1.54) is 0 Å². The number of likely N-dealkylation sites (tertiary alicyclic amines) is 1. The predicted octanol–water partition coefficient (Wildman–Crippen LogP) is 0.134. The lowest BCUT2D eigenvalue weighted by atomic mass is 10.2. The maximum atomic E-state index is 11.4. The fourth-order valence-electron chi connectivity index (χ4n) is 1.64. The van der Waals surface area contributed by atoms with Gasteiger partial charge in [0.25, 0.3) is 0 Å². The Hall–Kier alpha value is -1.26. The number of carbonyl (C=O) groups is 1. The van der Waals surface area contributed by atoms with Crippen molar-refractivity contribution in [3.05, 3.63) is 0 Å². The second kappa shape index (κ2) is 4.11. The number of oxime groups is 1. The van der Waals surface area contributed by atoms with Gasteiger partial charge in [-0.05, 0) is 12.8 Å². The van der Waals surface area contributed by atoms with E-state index in [1.807, 2.05) is 6.92 Å². The zero-order valence-corrected chi connectivity index (χ0v) is 7.73. The zero-order chi connectivity index (χ0) is 9.84. The van der Waals surface area contributed by atoms with Crippen LogP contribution in [-0.2, 0) is 4.79 Å². The van der Waals surface area contributed by atoms with Gasteiger partial charge in [0, 0.05) is 13.0 Å². The van der Waals surface area contributed by atoms with Crippen molar-refractivity contribution in [3.8, 4) is 0 Å². The van der Waals surface area contributed by atoms with Gasteiger partial charge in [-0.2, -0.15) is 0 Å². The average Bonchev–Trinajstić information content (AvgIpc) is 2.63. The summed E-state index contributed by atoms with van der Waals surface area (Å²) in [6, 6.07) is -0.197. The predicted molar refractivity (Wildman–Crippen MR) is 48.4 cm³/mol. The molecule has 0 saturated carbocycles. The van der Waals surface area contributed by atoms with E-state index in [-0.39, 0.29) is 17.8 Å². The van der Waals surface area contributed by atoms with E-state index >= 15 is 0 Å². The van der Waals surface area contributed by atoms with Gasteiger partial charge in [-0.3, -0.25) is 4.79 Å². The summed E-state index contributed by atoms with van der Waals surface area (Å²) in [5, 5.41) is 11.4. The van der Waals surface area contributed by atoms with Crippen molar-refractivity contribution in [1.29, 1.82) is 0 Å². The molecule has 1 aliphatic heterocycles. The highest BCUT2D eigenvalue weighted by atomic mass is 16.4. The van der Waals surface area contributed by atoms with Crippen LogP contribution in [-0.4, -0.2) is 34.4 Å². The molecule has 13 heavy (non-hydrogen) atoms. The number of amides is 1. The van der Waals surface area contributed by atoms with Gasteiger partial charge in [0.05, 0.1) is 6.04 Å². The van der Waals surface area contributed by atoms with Crippen LogP contribution in [0.2, 0.25) is 0 Å². The Kier molecular flexibility index (Phi) is 3.11. The van der Waals surface area contributed by atoms with Crippen molar-refractivity contribution in [2.75, 3.05) is 6.54 Å². The number of nitrogens with zero attached hydrogens (tertiary/aromatic N) is 2. The highest BCUT2D eigenvalue weighted by Crippen LogP contribution is 2.17. The highest BCUT2D eigenvalue weighted by Gasteiger charge is 2.30. The third-order valence-electron chi connectivity index (χ3n) is 2.33. The Morgan fingerprint density at radius 1 is 1.77 bits per heavy atom. The van der Waals surface area contributed by atoms with Gasteiger partial charge in [-0.1, -0.05) is 12.1 Å². The van der Waals surface area contributed by atoms with Crippen LogP contribution < -0.4 is 5.73 Å². The van der Waals surface area contributed by atoms with Crippen LogP contribution in [0.25, 0.3) is 0 Å². The first-order chi connectivity index (χ1) is 6.20. The molecule has 5 nitrogen and oxygen atoms in total. The Bertz CT molecular complexity index is 227. The monoisotopic (exact) mass is 185 g/mol. The molecule has 1 rings (SSSR count). The molecule has 1 atom stereocenters. The molecule has 0 aromatic rings. The Labute approximate surface area is 77.2 Å². The standard InChI is InChI=1S/C8H15N3O2/c1-2-7(12)11-5-3-4-6(11)8(9)10-13/h6,13H,2-5H2,1H3,(H2,9,10). The van der Waals surface area contributed by atoms with Crippen molar-refractivity contribution in [3.63, 3.8) is 0 Å². The van der Waals surface area contributed by atoms with E-state index in [9.17, 15) is 4.79 Å². The van der Waals surface area contributed by atoms with Crippen molar-refractivity contribution in [1.82, 2.24) is 4.90 Å². The van der Waals surface area contributed by atoms with Gasteiger partial charge in [-0.25, -0.2) is 0 Å². The van der Waals surface area contributed by atoms with Crippen LogP contribution in [0, 0.1) is 0 Å². The fourth-order valence-corrected chi connectivity index (χ4v) is 1.64. The molecule has 3 N–H and O–H groups in total. The smallest absolute Gasteiger partial charge is 0.222 e. The Balaban J connectivity index is 2.69. The average molecular weight is 185 g/mol. The maximum absolute atomic E-state index is 11.4. The summed E-state index contributed by atoms with van der Waals surface area (Å²) in [7, 11) is 0. The normalized spacial score (nSPS) is 23.6. The van der Waals surface area contributed by atoms with E-state index in [2.05, 4.69) is 5.16 Å². The van der Waals surface area contributed by atoms with Crippen LogP contribution in [0.4, 0.5) is 0 Å². The summed E-state index contributed by atoms with van der Waals surface area (Å²) in [6.45, 7) is 2.53. The first kappa shape index (κ1) is 9.83. The molecule has 1 saturated heterocycles. The SMILES string of the molecule is CCC(=O)N1CCCC1C(N)=NO. The molecule has 1 aliphatic rings. The van der Waals surface area contributed by atoms with E-state index in [0.717, 1.165) is 12.8 Å². The maximum Gasteiger partial charge on any atom is 0.222 e. The summed E-state index contributed by atoms with van der Waals surface area (Å²) in [5.74, 6) is 0.202. The number of nitrogens with two attached hydrogens (primary N) is 1. The number of hydrogen-bond acceptors (Lipinski definition) is 3. The fraction of sp³-hybridized carbons (Fsp3) is 0.750. The van der Waals surface area contributed by atoms with Crippen LogP contribution in [0.5, 0.6) is 0 Å². The lowest BCUT2D eigenvalue weighted by Crippen LogP contribution is -2.43. The molecule has 0 radical (unpaired) electrons. The number of amidine groups is 1. The molecule has 1 unspecified atom stereocenters. The summed E-state index contributed by atoms with van der Waals surface area (Å²) < 4.78 is 0. The van der Waals surface area contributed by atoms with Gasteiger partial charge in [0.1, 0.15) is 0 Å². The minimum absolute atomic E-state index is 0.0640. The summed E-state index contributed by atoms with van der Waals surface area (Å²) in [4.78, 5) is 13.1. The van der Waals surface area contributed by atoms with Crippen molar-refractivity contribution in [2.45, 2.75) is 32.2 Å². The van der Waals surface area contributed by atoms with Crippen LogP contribution in [0.1, 0.15) is 26.2 Å². The van der Waals surface area contributed by atoms with Gasteiger partial charge in [-0.15, -0.1) is 0 Å². The van der Waals surface area contributed by atoms with Gasteiger partial charge in [0.15, 0.2) is 5.84 Å². The largest absolute Gasteiger partial charge is 0.409 e. The van der Waals surface area contributed by atoms with Crippen molar-refractivity contribution >= 4 is 11.7 Å². The lowest BCUT2D eigenvalue weighted by molar-refractivity contribution is -0.130. The molecule has 0 aromatic carbocycles. The molecule has 74 valence electrons. The van der Waals surface area contributed by atoms with Crippen LogP contribution in [0.15, 0.2) is 5.16 Å². The first-order valence-corrected chi connectivity index (χ1v) is 4.47. The first-order valence-electron chi connectivity index (χ1n) is 4.47. The lowest BCUT2D eigenvalue weighted by Gasteiger charge is -2.22. The molecule has 1 heterocycles. The molecule has 5 heteroatoms. The second-order valence-corrected chi connectivity index (χ2v) is 3.12. The summed E-state index contributed by atoms with van der Waals surface area (Å²) in [6.07, 6.45) is 2.18. The molecule has 0 bridgehead atoms. The van der Waals surface area contributed by atoms with E-state index < -0.39 is 0 Å². The summed E-state index contributed by atoms with van der Waals surface area (Å²) >= 11 is 0. The molecule has 0 spiro atoms. The molecule has 1 amide bonds. The van der Waals surface area contributed by atoms with Gasteiger partial charge < -0.3 is 15.8 Å². The number of hydrogen-bond donors (Lipinski definition) is 2. The molecule has 0 aromatic heterocycles.